The monoisotopic (exact) mass is 189 g/mol. The van der Waals surface area contributed by atoms with E-state index in [-0.39, 0.29) is 5.78 Å². The first-order valence-corrected chi connectivity index (χ1v) is 4.61. The van der Waals surface area contributed by atoms with Gasteiger partial charge < -0.3 is 4.74 Å². The number of hydrogen-bond donors (Lipinski definition) is 0. The lowest BCUT2D eigenvalue weighted by molar-refractivity contribution is -0.121. The standard InChI is InChI=1S/C11H11NO2/c13-10-4-6-14-11(8-10)7-9-3-1-2-5-12-9/h1-3,5,7H,4,6,8H2. The fraction of sp³-hybridized carbons (Fsp3) is 0.273. The van der Waals surface area contributed by atoms with Crippen LogP contribution < -0.4 is 0 Å². The molecule has 2 heterocycles. The molecule has 0 atom stereocenters. The van der Waals surface area contributed by atoms with Gasteiger partial charge in [0.25, 0.3) is 0 Å². The molecule has 2 rings (SSSR count). The molecule has 3 nitrogen and oxygen atoms in total. The SMILES string of the molecule is O=C1CCOC(=Cc2ccccn2)C1. The molecule has 0 aliphatic carbocycles. The third-order valence-corrected chi connectivity index (χ3v) is 2.04. The van der Waals surface area contributed by atoms with Crippen LogP contribution in [0.1, 0.15) is 18.5 Å². The van der Waals surface area contributed by atoms with Crippen LogP contribution in [-0.2, 0) is 9.53 Å². The number of rotatable bonds is 1. The van der Waals surface area contributed by atoms with Gasteiger partial charge in [0.15, 0.2) is 0 Å². The maximum Gasteiger partial charge on any atom is 0.143 e. The van der Waals surface area contributed by atoms with Gasteiger partial charge in [-0.25, -0.2) is 0 Å². The Labute approximate surface area is 82.4 Å². The van der Waals surface area contributed by atoms with Gasteiger partial charge in [-0.2, -0.15) is 0 Å². The van der Waals surface area contributed by atoms with Crippen LogP contribution in [0.5, 0.6) is 0 Å². The number of carbonyl (C=O) groups is 1. The Morgan fingerprint density at radius 2 is 2.36 bits per heavy atom. The highest BCUT2D eigenvalue weighted by Crippen LogP contribution is 2.15. The molecule has 0 aromatic carbocycles. The first-order chi connectivity index (χ1) is 6.84. The highest BCUT2D eigenvalue weighted by Gasteiger charge is 2.13. The third-order valence-electron chi connectivity index (χ3n) is 2.04. The summed E-state index contributed by atoms with van der Waals surface area (Å²) in [4.78, 5) is 15.3. The number of aromatic nitrogens is 1. The Bertz CT molecular complexity index is 357. The van der Waals surface area contributed by atoms with Crippen LogP contribution in [-0.4, -0.2) is 17.4 Å². The Balaban J connectivity index is 2.14. The fourth-order valence-electron chi connectivity index (χ4n) is 1.35. The molecule has 0 spiro atoms. The van der Waals surface area contributed by atoms with Crippen molar-refractivity contribution in [3.8, 4) is 0 Å². The van der Waals surface area contributed by atoms with Crippen molar-refractivity contribution in [2.75, 3.05) is 6.61 Å². The van der Waals surface area contributed by atoms with E-state index in [0.29, 0.717) is 19.4 Å². The number of ketones is 1. The Morgan fingerprint density at radius 3 is 3.07 bits per heavy atom. The first kappa shape index (κ1) is 8.94. The fourth-order valence-corrected chi connectivity index (χ4v) is 1.35. The lowest BCUT2D eigenvalue weighted by Crippen LogP contribution is -2.13. The minimum absolute atomic E-state index is 0.235. The minimum atomic E-state index is 0.235. The van der Waals surface area contributed by atoms with Gasteiger partial charge in [0, 0.05) is 18.7 Å². The van der Waals surface area contributed by atoms with E-state index >= 15 is 0 Å². The smallest absolute Gasteiger partial charge is 0.143 e. The van der Waals surface area contributed by atoms with E-state index in [1.165, 1.54) is 0 Å². The average Bonchev–Trinajstić information content (AvgIpc) is 2.19. The molecule has 14 heavy (non-hydrogen) atoms. The topological polar surface area (TPSA) is 39.2 Å². The molecule has 1 aromatic rings. The van der Waals surface area contributed by atoms with E-state index in [1.807, 2.05) is 24.3 Å². The quantitative estimate of drug-likeness (QED) is 0.676. The zero-order valence-corrected chi connectivity index (χ0v) is 7.77. The molecule has 0 N–H and O–H groups in total. The molecule has 0 unspecified atom stereocenters. The highest BCUT2D eigenvalue weighted by atomic mass is 16.5. The second kappa shape index (κ2) is 4.05. The zero-order valence-electron chi connectivity index (χ0n) is 7.77. The summed E-state index contributed by atoms with van der Waals surface area (Å²) >= 11 is 0. The molecular formula is C11H11NO2. The molecule has 1 aliphatic rings. The van der Waals surface area contributed by atoms with Crippen molar-refractivity contribution in [1.82, 2.24) is 4.98 Å². The van der Waals surface area contributed by atoms with E-state index in [9.17, 15) is 4.79 Å². The van der Waals surface area contributed by atoms with Gasteiger partial charge in [-0.3, -0.25) is 9.78 Å². The van der Waals surface area contributed by atoms with E-state index in [2.05, 4.69) is 4.98 Å². The molecule has 3 heteroatoms. The van der Waals surface area contributed by atoms with Gasteiger partial charge in [-0.15, -0.1) is 0 Å². The van der Waals surface area contributed by atoms with Crippen molar-refractivity contribution < 1.29 is 9.53 Å². The summed E-state index contributed by atoms with van der Waals surface area (Å²) in [7, 11) is 0. The summed E-state index contributed by atoms with van der Waals surface area (Å²) in [5.74, 6) is 0.957. The van der Waals surface area contributed by atoms with Crippen molar-refractivity contribution >= 4 is 11.9 Å². The van der Waals surface area contributed by atoms with Crippen LogP contribution in [0, 0.1) is 0 Å². The van der Waals surface area contributed by atoms with Crippen molar-refractivity contribution in [3.63, 3.8) is 0 Å². The van der Waals surface area contributed by atoms with Gasteiger partial charge in [0.1, 0.15) is 11.5 Å². The van der Waals surface area contributed by atoms with E-state index in [1.54, 1.807) is 6.20 Å². The first-order valence-electron chi connectivity index (χ1n) is 4.61. The molecule has 0 saturated carbocycles. The summed E-state index contributed by atoms with van der Waals surface area (Å²) < 4.78 is 5.35. The average molecular weight is 189 g/mol. The summed E-state index contributed by atoms with van der Waals surface area (Å²) in [6, 6.07) is 5.65. The molecule has 0 amide bonds. The van der Waals surface area contributed by atoms with Crippen molar-refractivity contribution in [1.29, 1.82) is 0 Å². The summed E-state index contributed by atoms with van der Waals surface area (Å²) in [5, 5.41) is 0. The molecule has 0 radical (unpaired) electrons. The molecular weight excluding hydrogens is 178 g/mol. The predicted octanol–water partition coefficient (Wildman–Crippen LogP) is 1.80. The number of pyridine rings is 1. The van der Waals surface area contributed by atoms with E-state index < -0.39 is 0 Å². The predicted molar refractivity (Wildman–Crippen MR) is 52.4 cm³/mol. The second-order valence-corrected chi connectivity index (χ2v) is 3.18. The van der Waals surface area contributed by atoms with Crippen LogP contribution in [0.3, 0.4) is 0 Å². The number of Topliss-reactive ketones (excluding diaryl/α,β-unsaturated/α-hetero) is 1. The van der Waals surface area contributed by atoms with Gasteiger partial charge in [0.05, 0.1) is 18.7 Å². The van der Waals surface area contributed by atoms with Crippen LogP contribution in [0.4, 0.5) is 0 Å². The summed E-state index contributed by atoms with van der Waals surface area (Å²) in [5.41, 5.74) is 0.831. The molecule has 1 aliphatic heterocycles. The number of nitrogens with zero attached hydrogens (tertiary/aromatic N) is 1. The van der Waals surface area contributed by atoms with E-state index in [4.69, 9.17) is 4.74 Å². The minimum Gasteiger partial charge on any atom is -0.497 e. The number of carbonyl (C=O) groups excluding carboxylic acids is 1. The number of allylic oxidation sites excluding steroid dienone is 1. The van der Waals surface area contributed by atoms with Gasteiger partial charge in [0.2, 0.25) is 0 Å². The Kier molecular flexibility index (Phi) is 2.58. The van der Waals surface area contributed by atoms with Gasteiger partial charge in [-0.1, -0.05) is 6.07 Å². The van der Waals surface area contributed by atoms with Crippen molar-refractivity contribution in [3.05, 3.63) is 35.8 Å². The van der Waals surface area contributed by atoms with Gasteiger partial charge in [-0.05, 0) is 12.1 Å². The van der Waals surface area contributed by atoms with Crippen molar-refractivity contribution in [2.45, 2.75) is 12.8 Å². The zero-order chi connectivity index (χ0) is 9.80. The maximum absolute atomic E-state index is 11.1. The molecule has 72 valence electrons. The highest BCUT2D eigenvalue weighted by molar-refractivity contribution is 5.82. The lowest BCUT2D eigenvalue weighted by Gasteiger charge is -2.14. The Hall–Kier alpha value is -1.64. The van der Waals surface area contributed by atoms with Crippen molar-refractivity contribution in [2.24, 2.45) is 0 Å². The largest absolute Gasteiger partial charge is 0.497 e. The molecule has 0 bridgehead atoms. The van der Waals surface area contributed by atoms with Crippen LogP contribution in [0.15, 0.2) is 30.2 Å². The Morgan fingerprint density at radius 1 is 1.43 bits per heavy atom. The molecule has 1 saturated heterocycles. The summed E-state index contributed by atoms with van der Waals surface area (Å²) in [6.45, 7) is 0.498. The number of ether oxygens (including phenoxy) is 1. The van der Waals surface area contributed by atoms with Crippen LogP contribution in [0.25, 0.3) is 6.08 Å². The lowest BCUT2D eigenvalue weighted by atomic mass is 10.1. The molecule has 1 fully saturated rings. The van der Waals surface area contributed by atoms with E-state index in [0.717, 1.165) is 11.5 Å². The second-order valence-electron chi connectivity index (χ2n) is 3.18. The normalized spacial score (nSPS) is 19.4. The maximum atomic E-state index is 11.1. The number of hydrogen-bond acceptors (Lipinski definition) is 3. The van der Waals surface area contributed by atoms with Gasteiger partial charge >= 0.3 is 0 Å². The third kappa shape index (κ3) is 2.19. The summed E-state index contributed by atoms with van der Waals surface area (Å²) in [6.07, 6.45) is 4.46. The molecule has 1 aromatic heterocycles. The van der Waals surface area contributed by atoms with Crippen LogP contribution >= 0.6 is 0 Å². The van der Waals surface area contributed by atoms with Crippen LogP contribution in [0.2, 0.25) is 0 Å².